The number of hydrogen-bond donors (Lipinski definition) is 0. The lowest BCUT2D eigenvalue weighted by molar-refractivity contribution is -0.141. The van der Waals surface area contributed by atoms with Crippen molar-refractivity contribution >= 4 is 11.6 Å². The van der Waals surface area contributed by atoms with Crippen molar-refractivity contribution in [2.75, 3.05) is 31.1 Å². The van der Waals surface area contributed by atoms with Crippen LogP contribution < -0.4 is 4.90 Å². The highest BCUT2D eigenvalue weighted by atomic mass is 19.4. The lowest BCUT2D eigenvalue weighted by Crippen LogP contribution is -2.49. The molecule has 0 spiro atoms. The first kappa shape index (κ1) is 22.4. The van der Waals surface area contributed by atoms with Crippen LogP contribution in [0.3, 0.4) is 0 Å². The van der Waals surface area contributed by atoms with Gasteiger partial charge in [0.25, 0.3) is 0 Å². The molecule has 1 aliphatic heterocycles. The molecule has 0 unspecified atom stereocenters. The van der Waals surface area contributed by atoms with Crippen LogP contribution in [-0.4, -0.2) is 42.0 Å². The van der Waals surface area contributed by atoms with Crippen LogP contribution in [-0.2, 0) is 17.1 Å². The number of halogens is 6. The molecule has 10 heteroatoms. The molecule has 2 aromatic rings. The van der Waals surface area contributed by atoms with Crippen LogP contribution in [0.25, 0.3) is 0 Å². The van der Waals surface area contributed by atoms with E-state index in [1.807, 2.05) is 4.90 Å². The van der Waals surface area contributed by atoms with Crippen molar-refractivity contribution in [3.8, 4) is 0 Å². The molecule has 1 aromatic carbocycles. The molecule has 1 saturated heterocycles. The smallest absolute Gasteiger partial charge is 0.368 e. The summed E-state index contributed by atoms with van der Waals surface area (Å²) >= 11 is 0. The van der Waals surface area contributed by atoms with E-state index in [1.165, 1.54) is 18.3 Å². The molecule has 4 rings (SSSR count). The van der Waals surface area contributed by atoms with Gasteiger partial charge >= 0.3 is 12.4 Å². The maximum atomic E-state index is 13.1. The van der Waals surface area contributed by atoms with Crippen LogP contribution in [0.1, 0.15) is 34.7 Å². The number of aryl methyl sites for hydroxylation is 1. The average Bonchev–Trinajstić information content (AvgIpc) is 3.53. The molecule has 1 aromatic heterocycles. The Bertz CT molecular complexity index is 994. The zero-order valence-electron chi connectivity index (χ0n) is 17.2. The molecular formula is C22H21F6N3O. The first-order chi connectivity index (χ1) is 14.9. The highest BCUT2D eigenvalue weighted by Gasteiger charge is 2.46. The first-order valence-electron chi connectivity index (χ1n) is 10.2. The molecule has 172 valence electrons. The molecule has 1 amide bonds. The SMILES string of the molecule is Cc1ccc(C(F)(F)F)cc1N1CCN(C(=O)[C@@H]2C[C@@H]2c2ccc(C(F)(F)F)nc2)CC1. The molecule has 2 fully saturated rings. The van der Waals surface area contributed by atoms with Crippen LogP contribution in [0, 0.1) is 12.8 Å². The van der Waals surface area contributed by atoms with E-state index in [1.54, 1.807) is 11.8 Å². The van der Waals surface area contributed by atoms with E-state index >= 15 is 0 Å². The van der Waals surface area contributed by atoms with Crippen molar-refractivity contribution in [1.82, 2.24) is 9.88 Å². The predicted octanol–water partition coefficient (Wildman–Crippen LogP) is 4.88. The first-order valence-corrected chi connectivity index (χ1v) is 10.2. The fourth-order valence-electron chi connectivity index (χ4n) is 4.16. The molecular weight excluding hydrogens is 436 g/mol. The fourth-order valence-corrected chi connectivity index (χ4v) is 4.16. The summed E-state index contributed by atoms with van der Waals surface area (Å²) < 4.78 is 77.1. The number of aromatic nitrogens is 1. The molecule has 2 aliphatic rings. The van der Waals surface area contributed by atoms with E-state index in [0.717, 1.165) is 23.8 Å². The van der Waals surface area contributed by atoms with Gasteiger partial charge in [0.2, 0.25) is 5.91 Å². The number of anilines is 1. The Labute approximate surface area is 180 Å². The van der Waals surface area contributed by atoms with Gasteiger partial charge in [-0.15, -0.1) is 0 Å². The van der Waals surface area contributed by atoms with Gasteiger partial charge in [-0.3, -0.25) is 9.78 Å². The lowest BCUT2D eigenvalue weighted by atomic mass is 10.1. The lowest BCUT2D eigenvalue weighted by Gasteiger charge is -2.37. The Kier molecular flexibility index (Phi) is 5.58. The maximum Gasteiger partial charge on any atom is 0.433 e. The Morgan fingerprint density at radius 2 is 1.66 bits per heavy atom. The number of pyridine rings is 1. The van der Waals surface area contributed by atoms with Crippen molar-refractivity contribution in [3.05, 3.63) is 58.9 Å². The van der Waals surface area contributed by atoms with Crippen LogP contribution in [0.2, 0.25) is 0 Å². The normalized spacial score (nSPS) is 21.6. The predicted molar refractivity (Wildman–Crippen MR) is 105 cm³/mol. The van der Waals surface area contributed by atoms with Crippen molar-refractivity contribution in [3.63, 3.8) is 0 Å². The molecule has 4 nitrogen and oxygen atoms in total. The second kappa shape index (κ2) is 7.97. The van der Waals surface area contributed by atoms with Crippen LogP contribution in [0.5, 0.6) is 0 Å². The maximum absolute atomic E-state index is 13.1. The van der Waals surface area contributed by atoms with E-state index in [9.17, 15) is 31.1 Å². The molecule has 2 heterocycles. The highest BCUT2D eigenvalue weighted by Crippen LogP contribution is 2.48. The Hall–Kier alpha value is -2.78. The third-order valence-electron chi connectivity index (χ3n) is 6.08. The van der Waals surface area contributed by atoms with Crippen LogP contribution in [0.15, 0.2) is 36.5 Å². The van der Waals surface area contributed by atoms with E-state index in [0.29, 0.717) is 43.9 Å². The van der Waals surface area contributed by atoms with Gasteiger partial charge in [0, 0.05) is 44.0 Å². The number of nitrogens with zero attached hydrogens (tertiary/aromatic N) is 3. The zero-order valence-corrected chi connectivity index (χ0v) is 17.2. The summed E-state index contributed by atoms with van der Waals surface area (Å²) in [4.78, 5) is 19.8. The summed E-state index contributed by atoms with van der Waals surface area (Å²) in [6, 6.07) is 5.93. The van der Waals surface area contributed by atoms with Crippen molar-refractivity contribution in [1.29, 1.82) is 0 Å². The minimum atomic E-state index is -4.51. The van der Waals surface area contributed by atoms with Crippen molar-refractivity contribution in [2.45, 2.75) is 31.6 Å². The topological polar surface area (TPSA) is 36.4 Å². The number of carbonyl (C=O) groups is 1. The molecule has 0 radical (unpaired) electrons. The molecule has 1 aliphatic carbocycles. The summed E-state index contributed by atoms with van der Waals surface area (Å²) in [6.07, 6.45) is -7.20. The van der Waals surface area contributed by atoms with Gasteiger partial charge < -0.3 is 9.80 Å². The molecule has 0 N–H and O–H groups in total. The second-order valence-electron chi connectivity index (χ2n) is 8.23. The van der Waals surface area contributed by atoms with Gasteiger partial charge in [0.15, 0.2) is 0 Å². The van der Waals surface area contributed by atoms with E-state index < -0.39 is 23.6 Å². The third-order valence-corrected chi connectivity index (χ3v) is 6.08. The van der Waals surface area contributed by atoms with E-state index in [4.69, 9.17) is 0 Å². The number of piperazine rings is 1. The highest BCUT2D eigenvalue weighted by molar-refractivity contribution is 5.83. The summed E-state index contributed by atoms with van der Waals surface area (Å²) in [5, 5.41) is 0. The van der Waals surface area contributed by atoms with Gasteiger partial charge in [-0.1, -0.05) is 12.1 Å². The minimum Gasteiger partial charge on any atom is -0.368 e. The summed E-state index contributed by atoms with van der Waals surface area (Å²) in [5.41, 5.74) is 0.171. The largest absolute Gasteiger partial charge is 0.433 e. The number of carbonyl (C=O) groups excluding carboxylic acids is 1. The van der Waals surface area contributed by atoms with Gasteiger partial charge in [0.05, 0.1) is 5.56 Å². The third kappa shape index (κ3) is 4.54. The van der Waals surface area contributed by atoms with Crippen molar-refractivity contribution < 1.29 is 31.1 Å². The Balaban J connectivity index is 1.36. The number of amides is 1. The monoisotopic (exact) mass is 457 g/mol. The quantitative estimate of drug-likeness (QED) is 0.617. The summed E-state index contributed by atoms with van der Waals surface area (Å²) in [7, 11) is 0. The molecule has 2 atom stereocenters. The average molecular weight is 457 g/mol. The summed E-state index contributed by atoms with van der Waals surface area (Å²) in [6.45, 7) is 3.33. The Morgan fingerprint density at radius 3 is 2.22 bits per heavy atom. The van der Waals surface area contributed by atoms with Gasteiger partial charge in [-0.25, -0.2) is 0 Å². The Morgan fingerprint density at radius 1 is 0.969 bits per heavy atom. The molecule has 0 bridgehead atoms. The standard InChI is InChI=1S/C22H21F6N3O/c1-13-2-4-15(21(23,24)25)10-18(13)30-6-8-31(9-7-30)20(32)17-11-16(17)14-3-5-19(29-12-14)22(26,27)28/h2-5,10,12,16-17H,6-9,11H2,1H3/t16-,17-/m1/s1. The van der Waals surface area contributed by atoms with E-state index in [2.05, 4.69) is 4.98 Å². The van der Waals surface area contributed by atoms with E-state index in [-0.39, 0.29) is 17.7 Å². The molecule has 32 heavy (non-hydrogen) atoms. The number of rotatable bonds is 3. The number of hydrogen-bond acceptors (Lipinski definition) is 3. The number of alkyl halides is 6. The number of benzene rings is 1. The van der Waals surface area contributed by atoms with Gasteiger partial charge in [0.1, 0.15) is 5.69 Å². The van der Waals surface area contributed by atoms with Gasteiger partial charge in [-0.2, -0.15) is 26.3 Å². The minimum absolute atomic E-state index is 0.0738. The second-order valence-corrected chi connectivity index (χ2v) is 8.23. The molecule has 1 saturated carbocycles. The van der Waals surface area contributed by atoms with Crippen LogP contribution >= 0.6 is 0 Å². The summed E-state index contributed by atoms with van der Waals surface area (Å²) in [5.74, 6) is -0.522. The zero-order chi connectivity index (χ0) is 23.3. The van der Waals surface area contributed by atoms with Crippen molar-refractivity contribution in [2.24, 2.45) is 5.92 Å². The fraction of sp³-hybridized carbons (Fsp3) is 0.455. The van der Waals surface area contributed by atoms with Crippen LogP contribution in [0.4, 0.5) is 32.0 Å². The van der Waals surface area contributed by atoms with Gasteiger partial charge in [-0.05, 0) is 48.6 Å².